The average molecular weight is 286 g/mol. The first-order valence-corrected chi connectivity index (χ1v) is 7.00. The van der Waals surface area contributed by atoms with Gasteiger partial charge >= 0.3 is 5.97 Å². The Morgan fingerprint density at radius 1 is 0.900 bits per heavy atom. The lowest BCUT2D eigenvalue weighted by Gasteiger charge is -2.26. The fourth-order valence-corrected chi connectivity index (χ4v) is 3.50. The monoisotopic (exact) mass is 286 g/mol. The minimum Gasteiger partial charge on any atom is -0.469 e. The van der Waals surface area contributed by atoms with Crippen molar-refractivity contribution in [1.29, 1.82) is 0 Å². The Kier molecular flexibility index (Phi) is 3.14. The van der Waals surface area contributed by atoms with Gasteiger partial charge in [0.15, 0.2) is 11.6 Å². The average Bonchev–Trinajstić information content (AvgIpc) is 2.88. The number of hydrogen-bond donors (Lipinski definition) is 0. The minimum absolute atomic E-state index is 0.110. The largest absolute Gasteiger partial charge is 0.469 e. The van der Waals surface area contributed by atoms with Crippen LogP contribution in [-0.4, -0.2) is 49.1 Å². The molecule has 0 amide bonds. The van der Waals surface area contributed by atoms with Crippen LogP contribution in [0.15, 0.2) is 0 Å². The van der Waals surface area contributed by atoms with Crippen molar-refractivity contribution in [3.8, 4) is 0 Å². The van der Waals surface area contributed by atoms with Crippen LogP contribution < -0.4 is 0 Å². The molecule has 0 radical (unpaired) electrons. The van der Waals surface area contributed by atoms with Gasteiger partial charge in [-0.15, -0.1) is 0 Å². The van der Waals surface area contributed by atoms with Crippen LogP contribution in [0.2, 0.25) is 0 Å². The second kappa shape index (κ2) is 4.40. The quantitative estimate of drug-likeness (QED) is 0.711. The zero-order chi connectivity index (χ0) is 14.7. The molecule has 0 aromatic heterocycles. The van der Waals surface area contributed by atoms with Gasteiger partial charge in [0.1, 0.15) is 12.2 Å². The molecule has 2 heterocycles. The fourth-order valence-electron chi connectivity index (χ4n) is 3.50. The first kappa shape index (κ1) is 14.3. The number of ether oxygens (including phenoxy) is 5. The number of rotatable bonds is 2. The van der Waals surface area contributed by atoms with Crippen LogP contribution in [0.25, 0.3) is 0 Å². The Hall–Kier alpha value is -0.690. The van der Waals surface area contributed by atoms with Gasteiger partial charge in [0.2, 0.25) is 0 Å². The van der Waals surface area contributed by atoms with Crippen molar-refractivity contribution in [2.24, 2.45) is 5.92 Å². The molecule has 0 spiro atoms. The minimum atomic E-state index is -0.662. The molecule has 20 heavy (non-hydrogen) atoms. The van der Waals surface area contributed by atoms with Crippen LogP contribution in [0.3, 0.4) is 0 Å². The van der Waals surface area contributed by atoms with Crippen molar-refractivity contribution in [3.63, 3.8) is 0 Å². The number of methoxy groups -OCH3 is 1. The smallest absolute Gasteiger partial charge is 0.305 e. The molecule has 3 aliphatic rings. The summed E-state index contributed by atoms with van der Waals surface area (Å²) in [6, 6.07) is 0. The van der Waals surface area contributed by atoms with Gasteiger partial charge in [-0.3, -0.25) is 4.79 Å². The van der Waals surface area contributed by atoms with E-state index in [2.05, 4.69) is 0 Å². The Labute approximate surface area is 118 Å². The van der Waals surface area contributed by atoms with E-state index in [-0.39, 0.29) is 42.7 Å². The molecule has 1 saturated carbocycles. The Morgan fingerprint density at radius 3 is 1.70 bits per heavy atom. The number of esters is 1. The van der Waals surface area contributed by atoms with Crippen LogP contribution in [0.1, 0.15) is 34.1 Å². The van der Waals surface area contributed by atoms with E-state index in [4.69, 9.17) is 23.7 Å². The summed E-state index contributed by atoms with van der Waals surface area (Å²) in [7, 11) is 1.39. The SMILES string of the molecule is COC(=O)CC1[C@H]2OC(C)(C)O[C@H]2[C@H]2OC(C)(C)O[C@@H]12. The van der Waals surface area contributed by atoms with E-state index in [1.165, 1.54) is 7.11 Å². The summed E-state index contributed by atoms with van der Waals surface area (Å²) in [6.07, 6.45) is -0.555. The van der Waals surface area contributed by atoms with Gasteiger partial charge < -0.3 is 23.7 Å². The first-order chi connectivity index (χ1) is 9.22. The summed E-state index contributed by atoms with van der Waals surface area (Å²) in [4.78, 5) is 11.7. The Balaban J connectivity index is 1.85. The molecular weight excluding hydrogens is 264 g/mol. The van der Waals surface area contributed by atoms with E-state index in [0.717, 1.165) is 0 Å². The molecule has 0 aromatic rings. The van der Waals surface area contributed by atoms with Crippen LogP contribution >= 0.6 is 0 Å². The summed E-state index contributed by atoms with van der Waals surface area (Å²) >= 11 is 0. The summed E-state index contributed by atoms with van der Waals surface area (Å²) in [5.74, 6) is -1.70. The second-order valence-electron chi connectivity index (χ2n) is 6.57. The third-order valence-electron chi connectivity index (χ3n) is 4.13. The molecule has 3 fully saturated rings. The van der Waals surface area contributed by atoms with E-state index in [1.807, 2.05) is 27.7 Å². The van der Waals surface area contributed by atoms with Crippen molar-refractivity contribution >= 4 is 5.97 Å². The molecule has 114 valence electrons. The maximum absolute atomic E-state index is 11.7. The third-order valence-corrected chi connectivity index (χ3v) is 4.13. The summed E-state index contributed by atoms with van der Waals surface area (Å²) in [5.41, 5.74) is 0. The summed E-state index contributed by atoms with van der Waals surface area (Å²) < 4.78 is 28.6. The molecule has 5 atom stereocenters. The van der Waals surface area contributed by atoms with Crippen molar-refractivity contribution in [3.05, 3.63) is 0 Å². The molecule has 1 unspecified atom stereocenters. The molecule has 6 heteroatoms. The molecular formula is C14H22O6. The predicted molar refractivity (Wildman–Crippen MR) is 67.8 cm³/mol. The highest BCUT2D eigenvalue weighted by molar-refractivity contribution is 5.69. The molecule has 0 aromatic carbocycles. The van der Waals surface area contributed by atoms with Crippen molar-refractivity contribution in [1.82, 2.24) is 0 Å². The van der Waals surface area contributed by atoms with E-state index in [0.29, 0.717) is 0 Å². The lowest BCUT2D eigenvalue weighted by Crippen LogP contribution is -2.34. The Bertz CT molecular complexity index is 388. The van der Waals surface area contributed by atoms with Crippen LogP contribution in [0.5, 0.6) is 0 Å². The van der Waals surface area contributed by atoms with Gasteiger partial charge in [-0.2, -0.15) is 0 Å². The lowest BCUT2D eigenvalue weighted by atomic mass is 9.99. The maximum atomic E-state index is 11.7. The number of hydrogen-bond acceptors (Lipinski definition) is 6. The molecule has 2 aliphatic heterocycles. The summed E-state index contributed by atoms with van der Waals surface area (Å²) in [5, 5.41) is 0. The van der Waals surface area contributed by atoms with Crippen LogP contribution in [-0.2, 0) is 28.5 Å². The predicted octanol–water partition coefficient (Wildman–Crippen LogP) is 1.22. The van der Waals surface area contributed by atoms with E-state index < -0.39 is 11.6 Å². The Morgan fingerprint density at radius 2 is 1.30 bits per heavy atom. The molecule has 2 saturated heterocycles. The van der Waals surface area contributed by atoms with Crippen molar-refractivity contribution in [2.45, 2.75) is 70.1 Å². The lowest BCUT2D eigenvalue weighted by molar-refractivity contribution is -0.174. The highest BCUT2D eigenvalue weighted by atomic mass is 16.8. The number of carbonyl (C=O) groups is 1. The molecule has 3 rings (SSSR count). The molecule has 0 N–H and O–H groups in total. The van der Waals surface area contributed by atoms with E-state index in [1.54, 1.807) is 0 Å². The van der Waals surface area contributed by atoms with Gasteiger partial charge in [0.25, 0.3) is 0 Å². The fraction of sp³-hybridized carbons (Fsp3) is 0.929. The zero-order valence-corrected chi connectivity index (χ0v) is 12.5. The number of carbonyl (C=O) groups excluding carboxylic acids is 1. The first-order valence-electron chi connectivity index (χ1n) is 7.00. The highest BCUT2D eigenvalue weighted by Crippen LogP contribution is 2.50. The van der Waals surface area contributed by atoms with Crippen LogP contribution in [0.4, 0.5) is 0 Å². The van der Waals surface area contributed by atoms with Crippen molar-refractivity contribution in [2.75, 3.05) is 7.11 Å². The normalized spacial score (nSPS) is 44.1. The molecule has 6 nitrogen and oxygen atoms in total. The zero-order valence-electron chi connectivity index (χ0n) is 12.5. The van der Waals surface area contributed by atoms with Gasteiger partial charge in [-0.1, -0.05) is 0 Å². The topological polar surface area (TPSA) is 63.2 Å². The highest BCUT2D eigenvalue weighted by Gasteiger charge is 2.64. The summed E-state index contributed by atoms with van der Waals surface area (Å²) in [6.45, 7) is 7.49. The number of fused-ring (bicyclic) bond motifs is 3. The van der Waals surface area contributed by atoms with Crippen molar-refractivity contribution < 1.29 is 28.5 Å². The van der Waals surface area contributed by atoms with Gasteiger partial charge in [0.05, 0.1) is 25.7 Å². The molecule has 1 aliphatic carbocycles. The third kappa shape index (κ3) is 2.24. The van der Waals surface area contributed by atoms with Gasteiger partial charge in [-0.05, 0) is 27.7 Å². The molecule has 0 bridgehead atoms. The van der Waals surface area contributed by atoms with Crippen LogP contribution in [0, 0.1) is 5.92 Å². The van der Waals surface area contributed by atoms with E-state index >= 15 is 0 Å². The standard InChI is InChI=1S/C14H22O6/c1-13(2)17-9-7(6-8(15)16-5)10-12(11(9)19-13)20-14(3,4)18-10/h7,9-12H,6H2,1-5H3/t7?,9-,10+,11-,12+. The van der Waals surface area contributed by atoms with Gasteiger partial charge in [-0.25, -0.2) is 0 Å². The maximum Gasteiger partial charge on any atom is 0.305 e. The van der Waals surface area contributed by atoms with E-state index in [9.17, 15) is 4.79 Å². The van der Waals surface area contributed by atoms with Gasteiger partial charge in [0, 0.05) is 5.92 Å². The second-order valence-corrected chi connectivity index (χ2v) is 6.57.